The third-order valence-electron chi connectivity index (χ3n) is 7.78. The summed E-state index contributed by atoms with van der Waals surface area (Å²) in [4.78, 5) is 22.1. The summed E-state index contributed by atoms with van der Waals surface area (Å²) in [6.45, 7) is -1.21. The van der Waals surface area contributed by atoms with E-state index in [4.69, 9.17) is 9.90 Å². The van der Waals surface area contributed by atoms with Gasteiger partial charge in [-0.15, -0.1) is 0 Å². The van der Waals surface area contributed by atoms with Crippen molar-refractivity contribution in [2.24, 2.45) is 0 Å². The Balaban J connectivity index is 0.00000162. The highest BCUT2D eigenvalue weighted by molar-refractivity contribution is 7.92. The number of amides is 1. The number of benzene rings is 2. The second-order valence-electron chi connectivity index (χ2n) is 10.3. The second kappa shape index (κ2) is 12.0. The van der Waals surface area contributed by atoms with E-state index in [0.29, 0.717) is 31.4 Å². The lowest BCUT2D eigenvalue weighted by Gasteiger charge is -2.34. The van der Waals surface area contributed by atoms with Crippen LogP contribution in [0.15, 0.2) is 53.4 Å². The number of hydrogen-bond acceptors (Lipinski definition) is 4. The van der Waals surface area contributed by atoms with E-state index >= 15 is 4.39 Å². The van der Waals surface area contributed by atoms with Gasteiger partial charge >= 0.3 is 18.0 Å². The highest BCUT2D eigenvalue weighted by Crippen LogP contribution is 2.54. The van der Waals surface area contributed by atoms with Crippen LogP contribution < -0.4 is 0 Å². The molecule has 0 aromatic heterocycles. The van der Waals surface area contributed by atoms with E-state index in [0.717, 1.165) is 29.2 Å². The van der Waals surface area contributed by atoms with Crippen LogP contribution in [0.25, 0.3) is 0 Å². The molecular weight excluding hydrogens is 621 g/mol. The van der Waals surface area contributed by atoms with Crippen LogP contribution in [0.2, 0.25) is 0 Å². The molecule has 2 aliphatic rings. The first kappa shape index (κ1) is 34.2. The first-order valence-corrected chi connectivity index (χ1v) is 14.3. The van der Waals surface area contributed by atoms with Crippen molar-refractivity contribution in [3.63, 3.8) is 0 Å². The first-order chi connectivity index (χ1) is 19.8. The smallest absolute Gasteiger partial charge is 0.435 e. The number of hydrogen-bond donors (Lipinski definition) is 1. The maximum atomic E-state index is 15.5. The Labute approximate surface area is 240 Å². The van der Waals surface area contributed by atoms with Crippen molar-refractivity contribution in [2.45, 2.75) is 71.9 Å². The van der Waals surface area contributed by atoms with E-state index in [-0.39, 0.29) is 43.6 Å². The molecule has 2 aromatic carbocycles. The lowest BCUT2D eigenvalue weighted by atomic mass is 9.85. The maximum absolute atomic E-state index is 15.5. The summed E-state index contributed by atoms with van der Waals surface area (Å²) in [7, 11) is -4.61. The van der Waals surface area contributed by atoms with Crippen LogP contribution in [0.1, 0.15) is 49.7 Å². The van der Waals surface area contributed by atoms with Crippen molar-refractivity contribution in [1.29, 1.82) is 0 Å². The van der Waals surface area contributed by atoms with Gasteiger partial charge in [-0.25, -0.2) is 21.6 Å². The Hall–Kier alpha value is -3.30. The predicted molar refractivity (Wildman–Crippen MR) is 133 cm³/mol. The SMILES string of the molecule is O=C(N1CC[C@](c2ccc(C(F)(C(F)(F)F)C(F)(F)F)cc2)(S(=O)(=O)c2ccc(F)cc2)C1)C1(F)CCCCC1.O=CO. The second-order valence-corrected chi connectivity index (χ2v) is 12.6. The van der Waals surface area contributed by atoms with Crippen molar-refractivity contribution in [3.8, 4) is 0 Å². The van der Waals surface area contributed by atoms with E-state index < -0.39 is 73.4 Å². The largest absolute Gasteiger partial charge is 0.483 e. The van der Waals surface area contributed by atoms with E-state index in [9.17, 15) is 48.3 Å². The highest BCUT2D eigenvalue weighted by atomic mass is 32.2. The van der Waals surface area contributed by atoms with Gasteiger partial charge in [-0.3, -0.25) is 9.59 Å². The number of likely N-dealkylation sites (tertiary alicyclic amines) is 1. The van der Waals surface area contributed by atoms with Crippen LogP contribution in [-0.4, -0.2) is 61.9 Å². The summed E-state index contributed by atoms with van der Waals surface area (Å²) in [5.41, 5.74) is -10.1. The van der Waals surface area contributed by atoms with Gasteiger partial charge in [0, 0.05) is 18.7 Å². The molecule has 0 unspecified atom stereocenters. The zero-order valence-electron chi connectivity index (χ0n) is 22.2. The quantitative estimate of drug-likeness (QED) is 0.231. The lowest BCUT2D eigenvalue weighted by molar-refractivity contribution is -0.348. The molecule has 1 N–H and O–H groups in total. The van der Waals surface area contributed by atoms with Crippen LogP contribution in [0.3, 0.4) is 0 Å². The molecule has 1 saturated heterocycles. The molecule has 1 aliphatic carbocycles. The number of rotatable bonds is 5. The normalized spacial score (nSPS) is 21.1. The van der Waals surface area contributed by atoms with Crippen LogP contribution in [0.5, 0.6) is 0 Å². The molecule has 43 heavy (non-hydrogen) atoms. The summed E-state index contributed by atoms with van der Waals surface area (Å²) in [6.07, 6.45) is -11.7. The number of alkyl halides is 8. The van der Waals surface area contributed by atoms with Gasteiger partial charge in [0.15, 0.2) is 15.5 Å². The van der Waals surface area contributed by atoms with E-state index in [1.54, 1.807) is 0 Å². The van der Waals surface area contributed by atoms with Crippen LogP contribution in [-0.2, 0) is 29.8 Å². The molecule has 2 fully saturated rings. The minimum absolute atomic E-state index is 0.0811. The molecule has 0 bridgehead atoms. The van der Waals surface area contributed by atoms with Crippen LogP contribution in [0.4, 0.5) is 39.5 Å². The molecular formula is C27H26F9NO5S. The first-order valence-electron chi connectivity index (χ1n) is 12.8. The minimum Gasteiger partial charge on any atom is -0.483 e. The van der Waals surface area contributed by atoms with Gasteiger partial charge in [-0.05, 0) is 61.9 Å². The molecule has 1 saturated carbocycles. The molecule has 4 rings (SSSR count). The van der Waals surface area contributed by atoms with E-state index in [1.807, 2.05) is 0 Å². The summed E-state index contributed by atoms with van der Waals surface area (Å²) < 4.78 is 149. The summed E-state index contributed by atoms with van der Waals surface area (Å²) >= 11 is 0. The average molecular weight is 648 g/mol. The summed E-state index contributed by atoms with van der Waals surface area (Å²) in [6, 6.07) is 5.16. The lowest BCUT2D eigenvalue weighted by Crippen LogP contribution is -2.50. The molecule has 1 aliphatic heterocycles. The minimum atomic E-state index is -6.38. The van der Waals surface area contributed by atoms with Crippen LogP contribution in [0, 0.1) is 5.82 Å². The molecule has 1 heterocycles. The van der Waals surface area contributed by atoms with Crippen LogP contribution >= 0.6 is 0 Å². The number of nitrogens with zero attached hydrogens (tertiary/aromatic N) is 1. The Morgan fingerprint density at radius 3 is 1.79 bits per heavy atom. The van der Waals surface area contributed by atoms with Gasteiger partial charge in [0.25, 0.3) is 12.4 Å². The number of carboxylic acid groups (broad SMARTS) is 1. The Morgan fingerprint density at radius 2 is 1.33 bits per heavy atom. The molecule has 1 amide bonds. The summed E-state index contributed by atoms with van der Waals surface area (Å²) in [5, 5.41) is 6.89. The third kappa shape index (κ3) is 6.07. The molecule has 16 heteroatoms. The zero-order valence-corrected chi connectivity index (χ0v) is 23.0. The Bertz CT molecular complexity index is 1390. The van der Waals surface area contributed by atoms with Crippen molar-refractivity contribution < 1.29 is 62.6 Å². The fourth-order valence-electron chi connectivity index (χ4n) is 5.51. The topological polar surface area (TPSA) is 91.8 Å². The highest BCUT2D eigenvalue weighted by Gasteiger charge is 2.73. The van der Waals surface area contributed by atoms with Gasteiger partial charge in [0.05, 0.1) is 4.90 Å². The van der Waals surface area contributed by atoms with Crippen molar-refractivity contribution in [1.82, 2.24) is 4.90 Å². The Morgan fingerprint density at radius 1 is 0.837 bits per heavy atom. The number of sulfone groups is 1. The molecule has 0 spiro atoms. The summed E-state index contributed by atoms with van der Waals surface area (Å²) in [5.74, 6) is -1.74. The van der Waals surface area contributed by atoms with Gasteiger partial charge in [0.1, 0.15) is 10.6 Å². The number of halogens is 9. The number of carbonyl (C=O) groups excluding carboxylic acids is 1. The van der Waals surface area contributed by atoms with Crippen molar-refractivity contribution >= 4 is 22.2 Å². The molecule has 6 nitrogen and oxygen atoms in total. The molecule has 238 valence electrons. The van der Waals surface area contributed by atoms with Gasteiger partial charge in [0.2, 0.25) is 0 Å². The fourth-order valence-corrected chi connectivity index (χ4v) is 7.58. The van der Waals surface area contributed by atoms with Crippen molar-refractivity contribution in [3.05, 3.63) is 65.5 Å². The molecule has 1 atom stereocenters. The zero-order chi connectivity index (χ0) is 32.5. The molecule has 2 aromatic rings. The van der Waals surface area contributed by atoms with Gasteiger partial charge in [-0.1, -0.05) is 30.7 Å². The standard InChI is InChI=1S/C26H24F9NO3S.CH2O2/c27-19-8-10-20(11-9-19)40(38,39)23(14-15-36(16-23)21(37)22(28)12-2-1-3-13-22)17-4-6-18(7-5-17)24(29,25(30,31)32)26(33,34)35;2-1-3/h4-11H,1-3,12-16H2;1H,(H,2,3)/t23-;/m0./s1. The van der Waals surface area contributed by atoms with E-state index in [1.165, 1.54) is 0 Å². The monoisotopic (exact) mass is 647 g/mol. The predicted octanol–water partition coefficient (Wildman–Crippen LogP) is 6.39. The van der Waals surface area contributed by atoms with Crippen molar-refractivity contribution in [2.75, 3.05) is 13.1 Å². The van der Waals surface area contributed by atoms with E-state index in [2.05, 4.69) is 0 Å². The molecule has 0 radical (unpaired) electrons. The fraction of sp³-hybridized carbons (Fsp3) is 0.481. The maximum Gasteiger partial charge on any atom is 0.435 e. The van der Waals surface area contributed by atoms with Gasteiger partial charge in [-0.2, -0.15) is 26.3 Å². The van der Waals surface area contributed by atoms with Gasteiger partial charge < -0.3 is 10.0 Å². The third-order valence-corrected chi connectivity index (χ3v) is 10.3. The average Bonchev–Trinajstić information content (AvgIpc) is 3.39. The number of carbonyl (C=O) groups is 2. The Kier molecular flexibility index (Phi) is 9.54.